The molecule has 6 heteroatoms. The molecule has 0 saturated heterocycles. The molecule has 0 bridgehead atoms. The third-order valence-electron chi connectivity index (χ3n) is 3.27. The number of para-hydroxylation sites is 1. The van der Waals surface area contributed by atoms with Crippen LogP contribution >= 0.6 is 24.0 Å². The van der Waals surface area contributed by atoms with E-state index in [4.69, 9.17) is 16.6 Å². The number of rotatable bonds is 3. The van der Waals surface area contributed by atoms with Gasteiger partial charge in [0.2, 0.25) is 5.89 Å². The van der Waals surface area contributed by atoms with Gasteiger partial charge in [-0.05, 0) is 37.6 Å². The van der Waals surface area contributed by atoms with Gasteiger partial charge in [-0.3, -0.25) is 0 Å². The highest BCUT2D eigenvalue weighted by atomic mass is 32.2. The van der Waals surface area contributed by atoms with Gasteiger partial charge < -0.3 is 9.73 Å². The van der Waals surface area contributed by atoms with E-state index in [2.05, 4.69) is 15.5 Å². The Bertz CT molecular complexity index is 828. The molecule has 0 aliphatic carbocycles. The lowest BCUT2D eigenvalue weighted by molar-refractivity contribution is 0.467. The number of thiocarbonyl (C=S) groups is 1. The van der Waals surface area contributed by atoms with Crippen LogP contribution in [0.25, 0.3) is 11.5 Å². The second-order valence-corrected chi connectivity index (χ2v) is 6.70. The number of hydrogen-bond donors (Lipinski definition) is 1. The van der Waals surface area contributed by atoms with Gasteiger partial charge in [0, 0.05) is 23.0 Å². The molecule has 0 spiro atoms. The molecule has 1 aromatic heterocycles. The van der Waals surface area contributed by atoms with Crippen LogP contribution in [0.5, 0.6) is 0 Å². The Balaban J connectivity index is 1.68. The van der Waals surface area contributed by atoms with E-state index in [1.54, 1.807) is 0 Å². The van der Waals surface area contributed by atoms with E-state index in [1.165, 1.54) is 17.3 Å². The maximum atomic E-state index is 5.66. The van der Waals surface area contributed by atoms with E-state index in [0.29, 0.717) is 15.4 Å². The van der Waals surface area contributed by atoms with E-state index in [-0.39, 0.29) is 0 Å². The van der Waals surface area contributed by atoms with Crippen molar-refractivity contribution in [1.29, 1.82) is 0 Å². The van der Waals surface area contributed by atoms with Gasteiger partial charge in [-0.15, -0.1) is 10.2 Å². The van der Waals surface area contributed by atoms with Crippen LogP contribution in [0, 0.1) is 13.8 Å². The van der Waals surface area contributed by atoms with Gasteiger partial charge in [-0.2, -0.15) is 0 Å². The molecule has 0 fully saturated rings. The van der Waals surface area contributed by atoms with E-state index >= 15 is 0 Å². The van der Waals surface area contributed by atoms with Crippen molar-refractivity contribution in [3.05, 3.63) is 59.7 Å². The molecule has 23 heavy (non-hydrogen) atoms. The fourth-order valence-electron chi connectivity index (χ4n) is 1.99. The lowest BCUT2D eigenvalue weighted by Gasteiger charge is -2.07. The highest BCUT2D eigenvalue weighted by Gasteiger charge is 2.11. The lowest BCUT2D eigenvalue weighted by Crippen LogP contribution is -2.05. The molecule has 0 saturated carbocycles. The van der Waals surface area contributed by atoms with Crippen LogP contribution in [0.3, 0.4) is 0 Å². The molecule has 3 aromatic rings. The summed E-state index contributed by atoms with van der Waals surface area (Å²) in [5, 5.41) is 11.7. The second kappa shape index (κ2) is 6.93. The molecule has 0 amide bonds. The van der Waals surface area contributed by atoms with Crippen LogP contribution in [0.4, 0.5) is 5.69 Å². The van der Waals surface area contributed by atoms with Crippen molar-refractivity contribution >= 4 is 34.0 Å². The van der Waals surface area contributed by atoms with E-state index in [1.807, 2.05) is 62.4 Å². The van der Waals surface area contributed by atoms with Crippen LogP contribution in [0.1, 0.15) is 11.1 Å². The third-order valence-corrected chi connectivity index (χ3v) is 4.25. The summed E-state index contributed by atoms with van der Waals surface area (Å²) >= 11 is 6.59. The first-order chi connectivity index (χ1) is 11.1. The Morgan fingerprint density at radius 1 is 1.04 bits per heavy atom. The van der Waals surface area contributed by atoms with Gasteiger partial charge in [0.05, 0.1) is 0 Å². The summed E-state index contributed by atoms with van der Waals surface area (Å²) in [7, 11) is 0. The molecule has 2 aromatic carbocycles. The largest absolute Gasteiger partial charge is 0.411 e. The van der Waals surface area contributed by atoms with Gasteiger partial charge in [-0.1, -0.05) is 48.1 Å². The van der Waals surface area contributed by atoms with E-state index in [9.17, 15) is 0 Å². The Hall–Kier alpha value is -2.18. The Labute approximate surface area is 144 Å². The van der Waals surface area contributed by atoms with Crippen LogP contribution in [0.15, 0.2) is 58.2 Å². The summed E-state index contributed by atoms with van der Waals surface area (Å²) in [6.07, 6.45) is 0. The van der Waals surface area contributed by atoms with Crippen LogP contribution in [-0.2, 0) is 0 Å². The van der Waals surface area contributed by atoms with Crippen molar-refractivity contribution < 1.29 is 4.42 Å². The molecule has 1 heterocycles. The monoisotopic (exact) mass is 341 g/mol. The fraction of sp³-hybridized carbons (Fsp3) is 0.118. The van der Waals surface area contributed by atoms with Crippen molar-refractivity contribution in [2.24, 2.45) is 0 Å². The predicted molar refractivity (Wildman–Crippen MR) is 97.7 cm³/mol. The maximum Gasteiger partial charge on any atom is 0.283 e. The Morgan fingerprint density at radius 2 is 1.78 bits per heavy atom. The number of aryl methyl sites for hydroxylation is 2. The minimum atomic E-state index is 0.423. The van der Waals surface area contributed by atoms with Gasteiger partial charge in [0.25, 0.3) is 5.22 Å². The highest BCUT2D eigenvalue weighted by molar-refractivity contribution is 8.23. The molecule has 0 radical (unpaired) electrons. The van der Waals surface area contributed by atoms with Crippen molar-refractivity contribution in [2.75, 3.05) is 5.32 Å². The molecule has 0 aliphatic heterocycles. The first-order valence-electron chi connectivity index (χ1n) is 7.07. The lowest BCUT2D eigenvalue weighted by atomic mass is 10.1. The first-order valence-corrected chi connectivity index (χ1v) is 8.29. The summed E-state index contributed by atoms with van der Waals surface area (Å²) in [5.74, 6) is 0.492. The number of nitrogens with zero attached hydrogens (tertiary/aromatic N) is 2. The Kier molecular flexibility index (Phi) is 4.73. The van der Waals surface area contributed by atoms with Gasteiger partial charge in [0.1, 0.15) is 4.32 Å². The van der Waals surface area contributed by atoms with Gasteiger partial charge >= 0.3 is 0 Å². The number of benzene rings is 2. The molecule has 0 unspecified atom stereocenters. The summed E-state index contributed by atoms with van der Waals surface area (Å²) in [6, 6.07) is 15.9. The molecule has 1 N–H and O–H groups in total. The zero-order valence-corrected chi connectivity index (χ0v) is 14.4. The summed E-state index contributed by atoms with van der Waals surface area (Å²) < 4.78 is 6.23. The number of nitrogens with one attached hydrogen (secondary N) is 1. The van der Waals surface area contributed by atoms with Crippen molar-refractivity contribution in [3.63, 3.8) is 0 Å². The van der Waals surface area contributed by atoms with Crippen molar-refractivity contribution in [3.8, 4) is 11.5 Å². The standard InChI is InChI=1S/C17H15N3OS2/c1-11-7-9-13(10-8-11)15-19-20-16(21-15)23-17(22)18-14-6-4-3-5-12(14)2/h3-10H,1-2H3,(H,18,22). The molecule has 0 atom stereocenters. The molecular weight excluding hydrogens is 326 g/mol. The molecule has 4 nitrogen and oxygen atoms in total. The first kappa shape index (κ1) is 15.7. The van der Waals surface area contributed by atoms with Crippen molar-refractivity contribution in [2.45, 2.75) is 19.1 Å². The number of anilines is 1. The molecule has 116 valence electrons. The number of aromatic nitrogens is 2. The highest BCUT2D eigenvalue weighted by Crippen LogP contribution is 2.25. The summed E-state index contributed by atoms with van der Waals surface area (Å²) in [4.78, 5) is 0. The van der Waals surface area contributed by atoms with Gasteiger partial charge in [-0.25, -0.2) is 0 Å². The van der Waals surface area contributed by atoms with Gasteiger partial charge in [0.15, 0.2) is 0 Å². The average Bonchev–Trinajstić information content (AvgIpc) is 2.98. The van der Waals surface area contributed by atoms with Crippen molar-refractivity contribution in [1.82, 2.24) is 10.2 Å². The quantitative estimate of drug-likeness (QED) is 0.543. The zero-order valence-electron chi connectivity index (χ0n) is 12.7. The molecule has 3 rings (SSSR count). The zero-order chi connectivity index (χ0) is 16.2. The summed E-state index contributed by atoms with van der Waals surface area (Å²) in [5.41, 5.74) is 4.18. The van der Waals surface area contributed by atoms with E-state index < -0.39 is 0 Å². The van der Waals surface area contributed by atoms with Crippen LogP contribution in [-0.4, -0.2) is 14.5 Å². The minimum Gasteiger partial charge on any atom is -0.411 e. The van der Waals surface area contributed by atoms with Crippen LogP contribution in [0.2, 0.25) is 0 Å². The predicted octanol–water partition coefficient (Wildman–Crippen LogP) is 4.84. The van der Waals surface area contributed by atoms with Crippen LogP contribution < -0.4 is 5.32 Å². The average molecular weight is 341 g/mol. The molecular formula is C17H15N3OS2. The topological polar surface area (TPSA) is 51.0 Å². The third kappa shape index (κ3) is 3.97. The normalized spacial score (nSPS) is 10.5. The minimum absolute atomic E-state index is 0.423. The SMILES string of the molecule is Cc1ccc(-c2nnc(SC(=S)Nc3ccccc3C)o2)cc1. The smallest absolute Gasteiger partial charge is 0.283 e. The fourth-order valence-corrected chi connectivity index (χ4v) is 2.84. The second-order valence-electron chi connectivity index (χ2n) is 5.07. The Morgan fingerprint density at radius 3 is 2.52 bits per heavy atom. The number of thioether (sulfide) groups is 1. The van der Waals surface area contributed by atoms with E-state index in [0.717, 1.165) is 16.8 Å². The number of hydrogen-bond acceptors (Lipinski definition) is 5. The molecule has 0 aliphatic rings. The summed E-state index contributed by atoms with van der Waals surface area (Å²) in [6.45, 7) is 4.06. The maximum absolute atomic E-state index is 5.66.